The molecule has 1 aliphatic carbocycles. The minimum absolute atomic E-state index is 0.303. The van der Waals surface area contributed by atoms with Gasteiger partial charge in [-0.3, -0.25) is 4.99 Å². The third-order valence-electron chi connectivity index (χ3n) is 4.02. The van der Waals surface area contributed by atoms with E-state index in [-0.39, 0.29) is 0 Å². The van der Waals surface area contributed by atoms with E-state index in [0.29, 0.717) is 5.92 Å². The summed E-state index contributed by atoms with van der Waals surface area (Å²) in [5.74, 6) is 1.16. The van der Waals surface area contributed by atoms with E-state index in [9.17, 15) is 0 Å². The number of nitrogens with one attached hydrogen (secondary N) is 1. The van der Waals surface area contributed by atoms with E-state index in [1.165, 1.54) is 5.56 Å². The van der Waals surface area contributed by atoms with Gasteiger partial charge in [-0.2, -0.15) is 0 Å². The van der Waals surface area contributed by atoms with Crippen LogP contribution < -0.4 is 0 Å². The largest absolute Gasteiger partial charge is 0.344 e. The van der Waals surface area contributed by atoms with Crippen LogP contribution in [0.1, 0.15) is 17.2 Å². The van der Waals surface area contributed by atoms with Crippen molar-refractivity contribution in [2.45, 2.75) is 5.92 Å². The lowest BCUT2D eigenvalue weighted by Crippen LogP contribution is -1.90. The second-order valence-electron chi connectivity index (χ2n) is 5.65. The van der Waals surface area contributed by atoms with Gasteiger partial charge in [0.25, 0.3) is 0 Å². The molecule has 116 valence electrons. The Morgan fingerprint density at radius 2 is 1.67 bits per heavy atom. The summed E-state index contributed by atoms with van der Waals surface area (Å²) in [7, 11) is 0. The third-order valence-corrected chi connectivity index (χ3v) is 4.02. The van der Waals surface area contributed by atoms with Crippen molar-refractivity contribution in [3.8, 4) is 11.4 Å². The average molecular weight is 311 g/mol. The van der Waals surface area contributed by atoms with Crippen LogP contribution in [0.2, 0.25) is 0 Å². The molecule has 0 bridgehead atoms. The topological polar surface area (TPSA) is 41.0 Å². The second-order valence-corrected chi connectivity index (χ2v) is 5.65. The van der Waals surface area contributed by atoms with Crippen molar-refractivity contribution >= 4 is 11.9 Å². The van der Waals surface area contributed by atoms with Crippen LogP contribution in [0.4, 0.5) is 5.69 Å². The molecule has 0 saturated carbocycles. The third kappa shape index (κ3) is 2.97. The van der Waals surface area contributed by atoms with Crippen molar-refractivity contribution in [1.29, 1.82) is 0 Å². The Balaban J connectivity index is 1.59. The van der Waals surface area contributed by atoms with E-state index in [2.05, 4.69) is 51.4 Å². The molecule has 0 aliphatic heterocycles. The maximum atomic E-state index is 4.65. The summed E-state index contributed by atoms with van der Waals surface area (Å²) >= 11 is 0. The molecule has 1 heterocycles. The fourth-order valence-electron chi connectivity index (χ4n) is 2.81. The summed E-state index contributed by atoms with van der Waals surface area (Å²) in [5, 5.41) is 0. The molecular weight excluding hydrogens is 294 g/mol. The predicted molar refractivity (Wildman–Crippen MR) is 98.7 cm³/mol. The Bertz CT molecular complexity index is 905. The normalized spacial score (nSPS) is 14.0. The molecular formula is C21H17N3. The fourth-order valence-corrected chi connectivity index (χ4v) is 2.81. The van der Waals surface area contributed by atoms with Crippen LogP contribution in [0.3, 0.4) is 0 Å². The van der Waals surface area contributed by atoms with Gasteiger partial charge >= 0.3 is 0 Å². The van der Waals surface area contributed by atoms with E-state index in [1.54, 1.807) is 0 Å². The monoisotopic (exact) mass is 311 g/mol. The van der Waals surface area contributed by atoms with E-state index in [1.807, 2.05) is 54.9 Å². The minimum Gasteiger partial charge on any atom is -0.344 e. The zero-order valence-electron chi connectivity index (χ0n) is 13.1. The molecule has 0 saturated heterocycles. The van der Waals surface area contributed by atoms with Gasteiger partial charge in [0.05, 0.1) is 17.6 Å². The minimum atomic E-state index is 0.303. The first-order valence-corrected chi connectivity index (χ1v) is 7.99. The van der Waals surface area contributed by atoms with Crippen LogP contribution in [-0.2, 0) is 0 Å². The lowest BCUT2D eigenvalue weighted by Gasteiger charge is -2.08. The average Bonchev–Trinajstić information content (AvgIpc) is 3.33. The number of hydrogen-bond donors (Lipinski definition) is 1. The quantitative estimate of drug-likeness (QED) is 0.674. The summed E-state index contributed by atoms with van der Waals surface area (Å²) in [4.78, 5) is 12.4. The maximum absolute atomic E-state index is 4.65. The van der Waals surface area contributed by atoms with Crippen LogP contribution in [0.25, 0.3) is 11.4 Å². The van der Waals surface area contributed by atoms with Gasteiger partial charge in [0.15, 0.2) is 0 Å². The molecule has 3 nitrogen and oxygen atoms in total. The number of allylic oxidation sites excluding steroid dienone is 4. The number of aliphatic imine (C=N–C) groups is 1. The van der Waals surface area contributed by atoms with Gasteiger partial charge in [-0.1, -0.05) is 72.8 Å². The summed E-state index contributed by atoms with van der Waals surface area (Å²) in [6, 6.07) is 18.3. The molecule has 0 unspecified atom stereocenters. The highest BCUT2D eigenvalue weighted by molar-refractivity contribution is 5.81. The first-order chi connectivity index (χ1) is 11.9. The molecule has 1 aromatic heterocycles. The predicted octanol–water partition coefficient (Wildman–Crippen LogP) is 5.04. The van der Waals surface area contributed by atoms with Crippen LogP contribution in [-0.4, -0.2) is 16.2 Å². The second kappa shape index (κ2) is 6.50. The van der Waals surface area contributed by atoms with E-state index >= 15 is 0 Å². The number of benzene rings is 2. The zero-order valence-corrected chi connectivity index (χ0v) is 13.1. The fraction of sp³-hybridized carbons (Fsp3) is 0.0476. The van der Waals surface area contributed by atoms with Crippen molar-refractivity contribution in [2.75, 3.05) is 0 Å². The summed E-state index contributed by atoms with van der Waals surface area (Å²) in [5.41, 5.74) is 4.07. The van der Waals surface area contributed by atoms with Gasteiger partial charge in [-0.25, -0.2) is 4.98 Å². The molecule has 4 rings (SSSR count). The number of para-hydroxylation sites is 1. The Kier molecular flexibility index (Phi) is 3.90. The summed E-state index contributed by atoms with van der Waals surface area (Å²) < 4.78 is 0. The number of nitrogens with zero attached hydrogens (tertiary/aromatic N) is 2. The molecule has 3 aromatic rings. The Morgan fingerprint density at radius 3 is 2.50 bits per heavy atom. The van der Waals surface area contributed by atoms with Crippen molar-refractivity contribution in [1.82, 2.24) is 9.97 Å². The van der Waals surface area contributed by atoms with Crippen molar-refractivity contribution in [3.05, 3.63) is 96.4 Å². The van der Waals surface area contributed by atoms with Crippen molar-refractivity contribution in [3.63, 3.8) is 0 Å². The summed E-state index contributed by atoms with van der Waals surface area (Å²) in [6.07, 6.45) is 12.2. The number of aromatic amines is 1. The van der Waals surface area contributed by atoms with Gasteiger partial charge in [-0.05, 0) is 11.6 Å². The maximum Gasteiger partial charge on any atom is 0.138 e. The van der Waals surface area contributed by atoms with Gasteiger partial charge in [0.1, 0.15) is 5.82 Å². The molecule has 0 spiro atoms. The van der Waals surface area contributed by atoms with E-state index in [4.69, 9.17) is 0 Å². The number of H-pyrrole nitrogens is 1. The molecule has 3 heteroatoms. The molecule has 0 fully saturated rings. The molecule has 0 atom stereocenters. The zero-order chi connectivity index (χ0) is 16.2. The van der Waals surface area contributed by atoms with Gasteiger partial charge < -0.3 is 4.98 Å². The molecule has 0 radical (unpaired) electrons. The van der Waals surface area contributed by atoms with E-state index in [0.717, 1.165) is 22.8 Å². The van der Waals surface area contributed by atoms with Crippen LogP contribution in [0.15, 0.2) is 90.1 Å². The number of rotatable bonds is 4. The van der Waals surface area contributed by atoms with Gasteiger partial charge in [0.2, 0.25) is 0 Å². The van der Waals surface area contributed by atoms with Crippen molar-refractivity contribution in [2.24, 2.45) is 4.99 Å². The highest BCUT2D eigenvalue weighted by atomic mass is 14.9. The Morgan fingerprint density at radius 1 is 0.917 bits per heavy atom. The first kappa shape index (κ1) is 14.4. The number of imidazole rings is 1. The van der Waals surface area contributed by atoms with Gasteiger partial charge in [0, 0.05) is 17.7 Å². The molecule has 2 aromatic carbocycles. The molecule has 24 heavy (non-hydrogen) atoms. The lowest BCUT2D eigenvalue weighted by molar-refractivity contribution is 1.10. The van der Waals surface area contributed by atoms with Crippen LogP contribution in [0, 0.1) is 0 Å². The Hall–Kier alpha value is -3.20. The smallest absolute Gasteiger partial charge is 0.138 e. The first-order valence-electron chi connectivity index (χ1n) is 7.99. The number of hydrogen-bond acceptors (Lipinski definition) is 2. The van der Waals surface area contributed by atoms with Gasteiger partial charge in [-0.15, -0.1) is 0 Å². The summed E-state index contributed by atoms with van der Waals surface area (Å²) in [6.45, 7) is 0. The van der Waals surface area contributed by atoms with Crippen LogP contribution in [0.5, 0.6) is 0 Å². The molecule has 1 aliphatic rings. The lowest BCUT2D eigenvalue weighted by atomic mass is 9.99. The SMILES string of the molecule is C1=CC(c2ccccc2/N=C/c2c[nH]c(-c3ccccc3)n2)C=C1. The van der Waals surface area contributed by atoms with E-state index < -0.39 is 0 Å². The molecule has 0 amide bonds. The number of aromatic nitrogens is 2. The van der Waals surface area contributed by atoms with Crippen molar-refractivity contribution < 1.29 is 0 Å². The molecule has 1 N–H and O–H groups in total. The Labute approximate surface area is 141 Å². The standard InChI is InChI=1S/C21H17N3/c1-2-10-17(11-3-1)21-23-15-18(24-21)14-22-20-13-7-6-12-19(20)16-8-4-5-9-16/h1-16H,(H,23,24)/b22-14+. The highest BCUT2D eigenvalue weighted by Gasteiger charge is 2.10. The van der Waals surface area contributed by atoms with Crippen LogP contribution >= 0.6 is 0 Å². The highest BCUT2D eigenvalue weighted by Crippen LogP contribution is 2.31.